The Hall–Kier alpha value is -3.51. The lowest BCUT2D eigenvalue weighted by Gasteiger charge is -2.51. The van der Waals surface area contributed by atoms with E-state index in [4.69, 9.17) is 4.74 Å². The van der Waals surface area contributed by atoms with Crippen LogP contribution < -0.4 is 5.32 Å². The zero-order chi connectivity index (χ0) is 24.3. The Morgan fingerprint density at radius 1 is 0.914 bits per heavy atom. The summed E-state index contributed by atoms with van der Waals surface area (Å²) in [6, 6.07) is 24.4. The van der Waals surface area contributed by atoms with Crippen LogP contribution in [0.1, 0.15) is 34.8 Å². The van der Waals surface area contributed by atoms with Gasteiger partial charge in [0.1, 0.15) is 18.9 Å². The third kappa shape index (κ3) is 5.28. The number of rotatable bonds is 8. The third-order valence-corrected chi connectivity index (χ3v) is 7.41. The Kier molecular flexibility index (Phi) is 6.64. The number of carbonyl (C=O) groups excluding carboxylic acids is 2. The molecular weight excluding hydrogens is 443 g/mol. The predicted molar refractivity (Wildman–Crippen MR) is 132 cm³/mol. The maximum atomic E-state index is 13.5. The molecule has 3 saturated heterocycles. The molecule has 3 aliphatic heterocycles. The molecule has 3 aromatic rings. The van der Waals surface area contributed by atoms with Crippen molar-refractivity contribution in [3.63, 3.8) is 0 Å². The summed E-state index contributed by atoms with van der Waals surface area (Å²) in [4.78, 5) is 26.5. The molecule has 2 atom stereocenters. The number of anilines is 1. The topological polar surface area (TPSA) is 55.4 Å². The number of ketones is 1. The predicted octanol–water partition coefficient (Wildman–Crippen LogP) is 5.01. The van der Waals surface area contributed by atoms with Gasteiger partial charge in [-0.1, -0.05) is 48.5 Å². The highest BCUT2D eigenvalue weighted by Gasteiger charge is 2.49. The number of para-hydroxylation sites is 1. The van der Waals surface area contributed by atoms with Crippen LogP contribution in [-0.2, 0) is 9.53 Å². The van der Waals surface area contributed by atoms with Crippen molar-refractivity contribution in [1.29, 1.82) is 0 Å². The van der Waals surface area contributed by atoms with Crippen molar-refractivity contribution in [3.8, 4) is 0 Å². The highest BCUT2D eigenvalue weighted by atomic mass is 19.1. The fourth-order valence-electron chi connectivity index (χ4n) is 5.45. The number of piperidine rings is 3. The summed E-state index contributed by atoms with van der Waals surface area (Å²) in [5.74, 6) is -0.338. The lowest BCUT2D eigenvalue weighted by molar-refractivity contribution is -0.938. The highest BCUT2D eigenvalue weighted by molar-refractivity contribution is 5.97. The third-order valence-electron chi connectivity index (χ3n) is 7.41. The number of hydrogen-bond donors (Lipinski definition) is 1. The first-order valence-electron chi connectivity index (χ1n) is 12.2. The lowest BCUT2D eigenvalue weighted by Crippen LogP contribution is -2.65. The SMILES string of the molecule is O=C(C[N+]12CCC(CC1)[C@@H](OC(=O)[C@H](Nc1ccccc1)c1ccccc1)C2)c1ccc(F)cc1. The second-order valence-electron chi connectivity index (χ2n) is 9.73. The van der Waals surface area contributed by atoms with Gasteiger partial charge < -0.3 is 14.5 Å². The number of benzene rings is 3. The van der Waals surface area contributed by atoms with E-state index in [0.717, 1.165) is 37.2 Å². The van der Waals surface area contributed by atoms with Gasteiger partial charge in [-0.2, -0.15) is 0 Å². The van der Waals surface area contributed by atoms with Crippen LogP contribution in [0.25, 0.3) is 0 Å². The van der Waals surface area contributed by atoms with Crippen molar-refractivity contribution < 1.29 is 23.2 Å². The zero-order valence-corrected chi connectivity index (χ0v) is 19.6. The monoisotopic (exact) mass is 473 g/mol. The van der Waals surface area contributed by atoms with Crippen molar-refractivity contribution in [2.45, 2.75) is 25.0 Å². The molecule has 0 unspecified atom stereocenters. The minimum atomic E-state index is -0.622. The van der Waals surface area contributed by atoms with Crippen LogP contribution >= 0.6 is 0 Å². The molecule has 0 saturated carbocycles. The number of carbonyl (C=O) groups is 2. The van der Waals surface area contributed by atoms with Crippen LogP contribution in [0.4, 0.5) is 10.1 Å². The van der Waals surface area contributed by atoms with Gasteiger partial charge in [-0.15, -0.1) is 0 Å². The average molecular weight is 474 g/mol. The van der Waals surface area contributed by atoms with Gasteiger partial charge in [0.25, 0.3) is 0 Å². The van der Waals surface area contributed by atoms with Crippen molar-refractivity contribution in [2.75, 3.05) is 31.5 Å². The van der Waals surface area contributed by atoms with Crippen LogP contribution in [0.2, 0.25) is 0 Å². The summed E-state index contributed by atoms with van der Waals surface area (Å²) in [5.41, 5.74) is 2.22. The number of ether oxygens (including phenoxy) is 1. The molecule has 180 valence electrons. The molecule has 0 amide bonds. The molecule has 0 radical (unpaired) electrons. The zero-order valence-electron chi connectivity index (χ0n) is 19.6. The molecule has 3 fully saturated rings. The quantitative estimate of drug-likeness (QED) is 0.284. The molecule has 0 spiro atoms. The fraction of sp³-hybridized carbons (Fsp3) is 0.310. The Balaban J connectivity index is 1.30. The average Bonchev–Trinajstić information content (AvgIpc) is 2.89. The van der Waals surface area contributed by atoms with Crippen LogP contribution in [0, 0.1) is 11.7 Å². The Morgan fingerprint density at radius 3 is 2.20 bits per heavy atom. The summed E-state index contributed by atoms with van der Waals surface area (Å²) in [7, 11) is 0. The number of hydrogen-bond acceptors (Lipinski definition) is 4. The van der Waals surface area contributed by atoms with Gasteiger partial charge in [-0.25, -0.2) is 9.18 Å². The molecule has 6 heteroatoms. The fourth-order valence-corrected chi connectivity index (χ4v) is 5.45. The molecule has 0 aliphatic carbocycles. The first-order chi connectivity index (χ1) is 17.0. The van der Waals surface area contributed by atoms with E-state index >= 15 is 0 Å². The van der Waals surface area contributed by atoms with Crippen LogP contribution in [0.5, 0.6) is 0 Å². The molecule has 3 aromatic carbocycles. The summed E-state index contributed by atoms with van der Waals surface area (Å²) >= 11 is 0. The second kappa shape index (κ2) is 10.0. The van der Waals surface area contributed by atoms with Crippen molar-refractivity contribution >= 4 is 17.4 Å². The Morgan fingerprint density at radius 2 is 1.54 bits per heavy atom. The minimum absolute atomic E-state index is 0.00309. The van der Waals surface area contributed by atoms with E-state index in [2.05, 4.69) is 5.32 Å². The van der Waals surface area contributed by atoms with Gasteiger partial charge in [0.2, 0.25) is 5.78 Å². The molecule has 3 heterocycles. The normalized spacial score (nSPS) is 23.9. The smallest absolute Gasteiger partial charge is 0.333 e. The number of esters is 1. The number of halogens is 1. The van der Waals surface area contributed by atoms with Crippen molar-refractivity contribution in [2.24, 2.45) is 5.92 Å². The van der Waals surface area contributed by atoms with Gasteiger partial charge in [-0.05, 0) is 42.0 Å². The standard InChI is InChI=1S/C29H30FN2O3/c30-24-13-11-21(12-14-24)26(33)19-32-17-15-22(16-18-32)27(20-32)35-29(34)28(23-7-3-1-4-8-23)31-25-9-5-2-6-10-25/h1-14,22,27-28,31H,15-20H2/q+1/t22?,27-,28+,32?/m0/s1. The van der Waals surface area contributed by atoms with Gasteiger partial charge in [0.15, 0.2) is 12.1 Å². The Bertz CT molecular complexity index is 1160. The van der Waals surface area contributed by atoms with Gasteiger partial charge in [0, 0.05) is 30.0 Å². The van der Waals surface area contributed by atoms with Crippen molar-refractivity contribution in [3.05, 3.63) is 102 Å². The molecule has 35 heavy (non-hydrogen) atoms. The molecule has 2 bridgehead atoms. The summed E-state index contributed by atoms with van der Waals surface area (Å²) in [6.07, 6.45) is 1.63. The van der Waals surface area contributed by atoms with E-state index in [9.17, 15) is 14.0 Å². The second-order valence-corrected chi connectivity index (χ2v) is 9.73. The molecular formula is C29H30FN2O3+. The maximum Gasteiger partial charge on any atom is 0.333 e. The Labute approximate surface area is 205 Å². The number of Topliss-reactive ketones (excluding diaryl/α,β-unsaturated/α-hetero) is 1. The molecule has 0 aromatic heterocycles. The summed E-state index contributed by atoms with van der Waals surface area (Å²) < 4.78 is 20.1. The van der Waals surface area contributed by atoms with Gasteiger partial charge in [-0.3, -0.25) is 4.79 Å². The lowest BCUT2D eigenvalue weighted by atomic mass is 9.82. The number of nitrogens with one attached hydrogen (secondary N) is 1. The van der Waals surface area contributed by atoms with Crippen LogP contribution in [-0.4, -0.2) is 48.5 Å². The van der Waals surface area contributed by atoms with Gasteiger partial charge >= 0.3 is 5.97 Å². The minimum Gasteiger partial charge on any atom is -0.454 e. The first kappa shape index (κ1) is 23.2. The van der Waals surface area contributed by atoms with E-state index in [-0.39, 0.29) is 23.7 Å². The maximum absolute atomic E-state index is 13.5. The van der Waals surface area contributed by atoms with E-state index in [1.54, 1.807) is 12.1 Å². The van der Waals surface area contributed by atoms with Crippen molar-refractivity contribution in [1.82, 2.24) is 0 Å². The largest absolute Gasteiger partial charge is 0.454 e. The molecule has 1 N–H and O–H groups in total. The first-order valence-corrected chi connectivity index (χ1v) is 12.2. The van der Waals surface area contributed by atoms with E-state index < -0.39 is 6.04 Å². The molecule has 6 rings (SSSR count). The number of fused-ring (bicyclic) bond motifs is 3. The van der Waals surface area contributed by atoms with Gasteiger partial charge in [0.05, 0.1) is 13.1 Å². The summed E-state index contributed by atoms with van der Waals surface area (Å²) in [6.45, 7) is 2.78. The number of nitrogens with zero attached hydrogens (tertiary/aromatic N) is 1. The highest BCUT2D eigenvalue weighted by Crippen LogP contribution is 2.36. The van der Waals surface area contributed by atoms with Crippen LogP contribution in [0.3, 0.4) is 0 Å². The van der Waals surface area contributed by atoms with E-state index in [0.29, 0.717) is 29.1 Å². The summed E-state index contributed by atoms with van der Waals surface area (Å²) in [5, 5.41) is 3.33. The van der Waals surface area contributed by atoms with E-state index in [1.165, 1.54) is 12.1 Å². The number of quaternary nitrogens is 1. The molecule has 3 aliphatic rings. The van der Waals surface area contributed by atoms with Crippen LogP contribution in [0.15, 0.2) is 84.9 Å². The molecule has 5 nitrogen and oxygen atoms in total. The van der Waals surface area contributed by atoms with E-state index in [1.807, 2.05) is 60.7 Å².